The molecule has 30 heavy (non-hydrogen) atoms. The van der Waals surface area contributed by atoms with Crippen molar-refractivity contribution in [1.29, 1.82) is 0 Å². The van der Waals surface area contributed by atoms with Gasteiger partial charge in [-0.2, -0.15) is 0 Å². The smallest absolute Gasteiger partial charge is 0.255 e. The molecule has 2 aromatic rings. The van der Waals surface area contributed by atoms with Crippen molar-refractivity contribution in [2.45, 2.75) is 37.6 Å². The number of phenols is 1. The average molecular weight is 443 g/mol. The first-order chi connectivity index (χ1) is 14.5. The van der Waals surface area contributed by atoms with Crippen LogP contribution in [-0.4, -0.2) is 29.0 Å². The summed E-state index contributed by atoms with van der Waals surface area (Å²) in [7, 11) is 0. The van der Waals surface area contributed by atoms with Gasteiger partial charge in [0, 0.05) is 29.6 Å². The molecule has 2 heterocycles. The third-order valence-corrected chi connectivity index (χ3v) is 7.17. The molecule has 5 rings (SSSR count). The van der Waals surface area contributed by atoms with Gasteiger partial charge in [0.05, 0.1) is 22.3 Å². The molecule has 156 valence electrons. The fourth-order valence-electron chi connectivity index (χ4n) is 5.20. The van der Waals surface area contributed by atoms with Gasteiger partial charge in [0.1, 0.15) is 5.75 Å². The number of rotatable bonds is 2. The summed E-state index contributed by atoms with van der Waals surface area (Å²) in [4.78, 5) is 15.3. The van der Waals surface area contributed by atoms with Gasteiger partial charge in [-0.15, -0.1) is 0 Å². The van der Waals surface area contributed by atoms with Gasteiger partial charge in [0.15, 0.2) is 0 Å². The topological polar surface area (TPSA) is 52.6 Å². The molecule has 3 aliphatic rings. The highest BCUT2D eigenvalue weighted by Crippen LogP contribution is 2.53. The number of hydrogen-bond acceptors (Lipinski definition) is 3. The van der Waals surface area contributed by atoms with Crippen LogP contribution in [0.5, 0.6) is 5.75 Å². The van der Waals surface area contributed by atoms with Crippen LogP contribution >= 0.6 is 23.2 Å². The molecule has 0 spiro atoms. The molecule has 2 aromatic carbocycles. The molecule has 3 unspecified atom stereocenters. The second-order valence-electron chi connectivity index (χ2n) is 8.42. The lowest BCUT2D eigenvalue weighted by molar-refractivity contribution is 0.0725. The number of phenolic OH excluding ortho intramolecular Hbond substituents is 1. The van der Waals surface area contributed by atoms with E-state index < -0.39 is 0 Å². The van der Waals surface area contributed by atoms with Gasteiger partial charge in [0.2, 0.25) is 0 Å². The largest absolute Gasteiger partial charge is 0.506 e. The maximum Gasteiger partial charge on any atom is 0.255 e. The molecule has 1 aliphatic carbocycles. The van der Waals surface area contributed by atoms with Crippen LogP contribution in [0.3, 0.4) is 0 Å². The van der Waals surface area contributed by atoms with E-state index in [2.05, 4.69) is 23.5 Å². The van der Waals surface area contributed by atoms with E-state index in [1.807, 2.05) is 17.0 Å². The van der Waals surface area contributed by atoms with Gasteiger partial charge in [-0.05, 0) is 55.4 Å². The van der Waals surface area contributed by atoms with Crippen molar-refractivity contribution < 1.29 is 9.90 Å². The number of para-hydroxylation sites is 1. The van der Waals surface area contributed by atoms with Crippen LogP contribution in [0.1, 0.15) is 59.1 Å². The summed E-state index contributed by atoms with van der Waals surface area (Å²) in [5.41, 5.74) is 3.38. The molecular weight excluding hydrogens is 419 g/mol. The molecular formula is C24H24Cl2N2O2. The molecule has 2 aliphatic heterocycles. The van der Waals surface area contributed by atoms with E-state index in [4.69, 9.17) is 23.2 Å². The minimum atomic E-state index is -0.191. The Morgan fingerprint density at radius 1 is 1.10 bits per heavy atom. The summed E-state index contributed by atoms with van der Waals surface area (Å²) in [6.45, 7) is 1.62. The first kappa shape index (κ1) is 19.8. The Labute approximate surface area is 186 Å². The summed E-state index contributed by atoms with van der Waals surface area (Å²) in [6, 6.07) is 9.12. The van der Waals surface area contributed by atoms with Crippen LogP contribution < -0.4 is 5.32 Å². The van der Waals surface area contributed by atoms with Crippen molar-refractivity contribution in [1.82, 2.24) is 4.90 Å². The van der Waals surface area contributed by atoms with Crippen LogP contribution in [0.25, 0.3) is 0 Å². The van der Waals surface area contributed by atoms with E-state index >= 15 is 0 Å². The van der Waals surface area contributed by atoms with Crippen LogP contribution in [0.4, 0.5) is 5.69 Å². The number of amides is 1. The van der Waals surface area contributed by atoms with E-state index in [-0.39, 0.29) is 34.6 Å². The summed E-state index contributed by atoms with van der Waals surface area (Å²) in [5.74, 6) is 0.523. The number of nitrogens with one attached hydrogen (secondary N) is 1. The van der Waals surface area contributed by atoms with Gasteiger partial charge < -0.3 is 15.3 Å². The van der Waals surface area contributed by atoms with Crippen molar-refractivity contribution in [3.8, 4) is 5.75 Å². The lowest BCUT2D eigenvalue weighted by Gasteiger charge is -2.39. The zero-order valence-electron chi connectivity index (χ0n) is 16.6. The van der Waals surface area contributed by atoms with E-state index in [0.717, 1.165) is 43.6 Å². The Morgan fingerprint density at radius 2 is 1.90 bits per heavy atom. The summed E-state index contributed by atoms with van der Waals surface area (Å²) in [5, 5.41) is 15.0. The predicted octanol–water partition coefficient (Wildman–Crippen LogP) is 6.15. The molecule has 2 N–H and O–H groups in total. The van der Waals surface area contributed by atoms with Crippen molar-refractivity contribution in [3.05, 3.63) is 69.2 Å². The van der Waals surface area contributed by atoms with E-state index in [9.17, 15) is 9.90 Å². The Bertz CT molecular complexity index is 1030. The highest BCUT2D eigenvalue weighted by atomic mass is 35.5. The molecule has 6 heteroatoms. The molecule has 0 radical (unpaired) electrons. The zero-order valence-corrected chi connectivity index (χ0v) is 18.1. The van der Waals surface area contributed by atoms with Crippen LogP contribution in [-0.2, 0) is 0 Å². The predicted molar refractivity (Wildman–Crippen MR) is 121 cm³/mol. The minimum absolute atomic E-state index is 0.0486. The monoisotopic (exact) mass is 442 g/mol. The van der Waals surface area contributed by atoms with Crippen LogP contribution in [0, 0.1) is 5.92 Å². The number of hydrogen-bond donors (Lipinski definition) is 2. The molecule has 1 fully saturated rings. The SMILES string of the molecule is O=C(c1cccc2c1NC(c1cc(Cl)cc(Cl)c1O)C1CC=CC21)N1CCCCC1. The quantitative estimate of drug-likeness (QED) is 0.548. The number of halogens is 2. The third-order valence-electron chi connectivity index (χ3n) is 6.66. The van der Waals surface area contributed by atoms with E-state index in [0.29, 0.717) is 16.1 Å². The fourth-order valence-corrected chi connectivity index (χ4v) is 5.71. The molecule has 3 atom stereocenters. The van der Waals surface area contributed by atoms with Crippen molar-refractivity contribution >= 4 is 34.8 Å². The zero-order chi connectivity index (χ0) is 20.8. The summed E-state index contributed by atoms with van der Waals surface area (Å²) in [6.07, 6.45) is 8.57. The number of carbonyl (C=O) groups is 1. The van der Waals surface area contributed by atoms with Crippen molar-refractivity contribution in [2.24, 2.45) is 5.92 Å². The van der Waals surface area contributed by atoms with Gasteiger partial charge in [-0.1, -0.05) is 47.5 Å². The molecule has 0 aromatic heterocycles. The Kier molecular flexibility index (Phi) is 5.16. The average Bonchev–Trinajstić information content (AvgIpc) is 3.26. The fraction of sp³-hybridized carbons (Fsp3) is 0.375. The normalized spacial score (nSPS) is 24.9. The second-order valence-corrected chi connectivity index (χ2v) is 9.27. The molecule has 0 saturated carbocycles. The Balaban J connectivity index is 1.59. The van der Waals surface area contributed by atoms with E-state index in [1.54, 1.807) is 12.1 Å². The Morgan fingerprint density at radius 3 is 2.70 bits per heavy atom. The number of carbonyl (C=O) groups excluding carboxylic acids is 1. The number of benzene rings is 2. The lowest BCUT2D eigenvalue weighted by Crippen LogP contribution is -2.37. The molecule has 1 amide bonds. The number of allylic oxidation sites excluding steroid dienone is 2. The first-order valence-electron chi connectivity index (χ1n) is 10.6. The lowest BCUT2D eigenvalue weighted by atomic mass is 9.76. The molecule has 4 nitrogen and oxygen atoms in total. The number of likely N-dealkylation sites (tertiary alicyclic amines) is 1. The van der Waals surface area contributed by atoms with Gasteiger partial charge >= 0.3 is 0 Å². The van der Waals surface area contributed by atoms with Crippen molar-refractivity contribution in [3.63, 3.8) is 0 Å². The number of anilines is 1. The molecule has 0 bridgehead atoms. The van der Waals surface area contributed by atoms with Gasteiger partial charge in [-0.25, -0.2) is 0 Å². The maximum atomic E-state index is 13.4. The third kappa shape index (κ3) is 3.27. The summed E-state index contributed by atoms with van der Waals surface area (Å²) < 4.78 is 0. The highest BCUT2D eigenvalue weighted by molar-refractivity contribution is 6.35. The Hall–Kier alpha value is -2.17. The number of nitrogens with zero attached hydrogens (tertiary/aromatic N) is 1. The number of fused-ring (bicyclic) bond motifs is 3. The van der Waals surface area contributed by atoms with Gasteiger partial charge in [0.25, 0.3) is 5.91 Å². The van der Waals surface area contributed by atoms with Crippen LogP contribution in [0.15, 0.2) is 42.5 Å². The minimum Gasteiger partial charge on any atom is -0.506 e. The summed E-state index contributed by atoms with van der Waals surface area (Å²) >= 11 is 12.5. The highest BCUT2D eigenvalue weighted by Gasteiger charge is 2.41. The van der Waals surface area contributed by atoms with Crippen molar-refractivity contribution in [2.75, 3.05) is 18.4 Å². The van der Waals surface area contributed by atoms with Gasteiger partial charge in [-0.3, -0.25) is 4.79 Å². The standard InChI is InChI=1S/C24H24Cl2N2O2/c25-14-12-19(23(29)20(26)13-14)22-17-7-4-6-15(17)16-8-5-9-18(21(16)27-22)24(30)28-10-2-1-3-11-28/h4-6,8-9,12-13,15,17,22,27,29H,1-3,7,10-11H2. The van der Waals surface area contributed by atoms with Crippen LogP contribution in [0.2, 0.25) is 10.0 Å². The number of piperidine rings is 1. The van der Waals surface area contributed by atoms with E-state index in [1.165, 1.54) is 6.42 Å². The number of aromatic hydroxyl groups is 1. The second kappa shape index (κ2) is 7.82. The maximum absolute atomic E-state index is 13.4. The first-order valence-corrected chi connectivity index (χ1v) is 11.3. The molecule has 1 saturated heterocycles.